The van der Waals surface area contributed by atoms with Crippen LogP contribution in [-0.4, -0.2) is 31.9 Å². The van der Waals surface area contributed by atoms with E-state index in [9.17, 15) is 17.2 Å². The minimum absolute atomic E-state index is 0.181. The van der Waals surface area contributed by atoms with Crippen molar-refractivity contribution in [3.8, 4) is 0 Å². The highest BCUT2D eigenvalue weighted by Gasteiger charge is 2.31. The van der Waals surface area contributed by atoms with Crippen molar-refractivity contribution in [2.45, 2.75) is 17.4 Å². The standard InChI is InChI=1S/C10H12F2N2O2S/c11-7-3-8(12)5-10(4-7)17(15,16)14-2-1-9(13)6-14/h3-5,9H,1-2,6,13H2. The van der Waals surface area contributed by atoms with Gasteiger partial charge in [0.05, 0.1) is 4.90 Å². The van der Waals surface area contributed by atoms with Crippen molar-refractivity contribution in [2.24, 2.45) is 5.73 Å². The Morgan fingerprint density at radius 2 is 1.82 bits per heavy atom. The quantitative estimate of drug-likeness (QED) is 0.852. The van der Waals surface area contributed by atoms with E-state index in [1.54, 1.807) is 0 Å². The predicted molar refractivity (Wildman–Crippen MR) is 57.7 cm³/mol. The van der Waals surface area contributed by atoms with Gasteiger partial charge < -0.3 is 5.73 Å². The smallest absolute Gasteiger partial charge is 0.243 e. The molecule has 0 aliphatic carbocycles. The lowest BCUT2D eigenvalue weighted by Crippen LogP contribution is -2.32. The SMILES string of the molecule is NC1CCN(S(=O)(=O)c2cc(F)cc(F)c2)C1. The van der Waals surface area contributed by atoms with Crippen molar-refractivity contribution < 1.29 is 17.2 Å². The fourth-order valence-electron chi connectivity index (χ4n) is 1.80. The number of nitrogens with zero attached hydrogens (tertiary/aromatic N) is 1. The molecule has 0 aromatic heterocycles. The highest BCUT2D eigenvalue weighted by atomic mass is 32.2. The van der Waals surface area contributed by atoms with Crippen LogP contribution >= 0.6 is 0 Å². The van der Waals surface area contributed by atoms with Crippen LogP contribution in [0, 0.1) is 11.6 Å². The van der Waals surface area contributed by atoms with Crippen molar-refractivity contribution in [1.29, 1.82) is 0 Å². The molecule has 0 radical (unpaired) electrons. The Bertz CT molecular complexity index is 513. The van der Waals surface area contributed by atoms with Crippen LogP contribution < -0.4 is 5.73 Å². The van der Waals surface area contributed by atoms with Crippen LogP contribution in [0.3, 0.4) is 0 Å². The summed E-state index contributed by atoms with van der Waals surface area (Å²) in [6, 6.07) is 2.03. The Hall–Kier alpha value is -1.05. The summed E-state index contributed by atoms with van der Waals surface area (Å²) < 4.78 is 51.1. The number of halogens is 2. The highest BCUT2D eigenvalue weighted by molar-refractivity contribution is 7.89. The van der Waals surface area contributed by atoms with Gasteiger partial charge >= 0.3 is 0 Å². The van der Waals surface area contributed by atoms with Crippen LogP contribution in [0.25, 0.3) is 0 Å². The summed E-state index contributed by atoms with van der Waals surface area (Å²) in [7, 11) is -3.84. The van der Waals surface area contributed by atoms with Crippen LogP contribution in [0.2, 0.25) is 0 Å². The fraction of sp³-hybridized carbons (Fsp3) is 0.400. The molecule has 4 nitrogen and oxygen atoms in total. The van der Waals surface area contributed by atoms with Gasteiger partial charge in [-0.15, -0.1) is 0 Å². The molecule has 1 unspecified atom stereocenters. The van der Waals surface area contributed by atoms with Crippen molar-refractivity contribution in [3.63, 3.8) is 0 Å². The van der Waals surface area contributed by atoms with E-state index in [2.05, 4.69) is 0 Å². The molecule has 17 heavy (non-hydrogen) atoms. The lowest BCUT2D eigenvalue weighted by molar-refractivity contribution is 0.470. The molecule has 1 heterocycles. The summed E-state index contributed by atoms with van der Waals surface area (Å²) in [6.07, 6.45) is 0.553. The van der Waals surface area contributed by atoms with E-state index < -0.39 is 21.7 Å². The molecule has 1 aromatic rings. The van der Waals surface area contributed by atoms with Crippen molar-refractivity contribution >= 4 is 10.0 Å². The second-order valence-electron chi connectivity index (χ2n) is 4.02. The molecule has 1 aliphatic heterocycles. The van der Waals surface area contributed by atoms with E-state index in [0.717, 1.165) is 16.4 Å². The third kappa shape index (κ3) is 2.46. The molecule has 1 aromatic carbocycles. The normalized spacial score (nSPS) is 21.9. The second-order valence-corrected chi connectivity index (χ2v) is 5.95. The third-order valence-electron chi connectivity index (χ3n) is 2.66. The molecule has 0 bridgehead atoms. The highest BCUT2D eigenvalue weighted by Crippen LogP contribution is 2.21. The van der Waals surface area contributed by atoms with Gasteiger partial charge in [-0.1, -0.05) is 0 Å². The van der Waals surface area contributed by atoms with Gasteiger partial charge in [-0.05, 0) is 18.6 Å². The molecule has 1 fully saturated rings. The molecular formula is C10H12F2N2O2S. The van der Waals surface area contributed by atoms with E-state index >= 15 is 0 Å². The molecule has 2 N–H and O–H groups in total. The Morgan fingerprint density at radius 1 is 1.24 bits per heavy atom. The largest absolute Gasteiger partial charge is 0.326 e. The van der Waals surface area contributed by atoms with Crippen molar-refractivity contribution in [2.75, 3.05) is 13.1 Å². The Morgan fingerprint density at radius 3 is 2.29 bits per heavy atom. The Kier molecular flexibility index (Phi) is 3.15. The number of hydrogen-bond acceptors (Lipinski definition) is 3. The van der Waals surface area contributed by atoms with Crippen LogP contribution in [0.15, 0.2) is 23.1 Å². The first kappa shape index (κ1) is 12.4. The minimum Gasteiger partial charge on any atom is -0.326 e. The van der Waals surface area contributed by atoms with E-state index in [4.69, 9.17) is 5.73 Å². The van der Waals surface area contributed by atoms with Gasteiger partial charge in [0.2, 0.25) is 10.0 Å². The summed E-state index contributed by atoms with van der Waals surface area (Å²) in [5.41, 5.74) is 5.61. The first-order chi connectivity index (χ1) is 7.89. The lowest BCUT2D eigenvalue weighted by atomic mass is 10.3. The van der Waals surface area contributed by atoms with Gasteiger partial charge in [-0.3, -0.25) is 0 Å². The van der Waals surface area contributed by atoms with Gasteiger partial charge in [0.25, 0.3) is 0 Å². The summed E-state index contributed by atoms with van der Waals surface area (Å²) in [5, 5.41) is 0. The second kappa shape index (κ2) is 4.32. The molecule has 0 saturated carbocycles. The number of nitrogens with two attached hydrogens (primary N) is 1. The van der Waals surface area contributed by atoms with Gasteiger partial charge in [-0.25, -0.2) is 17.2 Å². The van der Waals surface area contributed by atoms with Crippen LogP contribution in [0.1, 0.15) is 6.42 Å². The van der Waals surface area contributed by atoms with Gasteiger partial charge in [0, 0.05) is 25.2 Å². The maximum absolute atomic E-state index is 13.0. The van der Waals surface area contributed by atoms with E-state index in [0.29, 0.717) is 12.5 Å². The van der Waals surface area contributed by atoms with Gasteiger partial charge in [-0.2, -0.15) is 4.31 Å². The van der Waals surface area contributed by atoms with Crippen LogP contribution in [-0.2, 0) is 10.0 Å². The predicted octanol–water partition coefficient (Wildman–Crippen LogP) is 0.686. The lowest BCUT2D eigenvalue weighted by Gasteiger charge is -2.15. The van der Waals surface area contributed by atoms with Crippen LogP contribution in [0.4, 0.5) is 8.78 Å². The maximum atomic E-state index is 13.0. The monoisotopic (exact) mass is 262 g/mol. The minimum atomic E-state index is -3.84. The number of rotatable bonds is 2. The number of sulfonamides is 1. The summed E-state index contributed by atoms with van der Waals surface area (Å²) in [5.74, 6) is -1.82. The molecule has 7 heteroatoms. The molecule has 1 atom stereocenters. The third-order valence-corrected chi connectivity index (χ3v) is 4.50. The zero-order valence-electron chi connectivity index (χ0n) is 8.94. The summed E-state index contributed by atoms with van der Waals surface area (Å²) in [4.78, 5) is -0.371. The van der Waals surface area contributed by atoms with Crippen molar-refractivity contribution in [3.05, 3.63) is 29.8 Å². The number of benzene rings is 1. The van der Waals surface area contributed by atoms with Crippen LogP contribution in [0.5, 0.6) is 0 Å². The average molecular weight is 262 g/mol. The zero-order valence-corrected chi connectivity index (χ0v) is 9.75. The number of hydrogen-bond donors (Lipinski definition) is 1. The fourth-order valence-corrected chi connectivity index (χ4v) is 3.35. The average Bonchev–Trinajstić information content (AvgIpc) is 2.64. The first-order valence-electron chi connectivity index (χ1n) is 5.11. The Labute approximate surface area is 98.1 Å². The summed E-state index contributed by atoms with van der Waals surface area (Å²) in [6.45, 7) is 0.460. The molecule has 2 rings (SSSR count). The molecule has 0 spiro atoms. The Balaban J connectivity index is 2.38. The van der Waals surface area contributed by atoms with E-state index in [1.807, 2.05) is 0 Å². The van der Waals surface area contributed by atoms with E-state index in [-0.39, 0.29) is 24.0 Å². The zero-order chi connectivity index (χ0) is 12.6. The summed E-state index contributed by atoms with van der Waals surface area (Å²) >= 11 is 0. The van der Waals surface area contributed by atoms with E-state index in [1.165, 1.54) is 0 Å². The molecule has 94 valence electrons. The maximum Gasteiger partial charge on any atom is 0.243 e. The topological polar surface area (TPSA) is 63.4 Å². The molecule has 1 saturated heterocycles. The van der Waals surface area contributed by atoms with Gasteiger partial charge in [0.1, 0.15) is 11.6 Å². The molecular weight excluding hydrogens is 250 g/mol. The van der Waals surface area contributed by atoms with Gasteiger partial charge in [0.15, 0.2) is 0 Å². The first-order valence-corrected chi connectivity index (χ1v) is 6.55. The van der Waals surface area contributed by atoms with Crippen molar-refractivity contribution in [1.82, 2.24) is 4.31 Å². The molecule has 1 aliphatic rings. The molecule has 0 amide bonds.